The number of hydrogen-bond acceptors (Lipinski definition) is 5. The van der Waals surface area contributed by atoms with Gasteiger partial charge in [0.05, 0.1) is 11.3 Å². The maximum atomic E-state index is 13.3. The Labute approximate surface area is 191 Å². The Bertz CT molecular complexity index is 1310. The zero-order valence-corrected chi connectivity index (χ0v) is 17.9. The van der Waals surface area contributed by atoms with Crippen LogP contribution < -0.4 is 14.8 Å². The molecule has 1 saturated carbocycles. The minimum atomic E-state index is -0.532. The molecule has 0 saturated heterocycles. The predicted octanol–water partition coefficient (Wildman–Crippen LogP) is 5.23. The molecule has 1 N–H and O–H groups in total. The van der Waals surface area contributed by atoms with E-state index in [0.717, 1.165) is 42.7 Å². The molecular weight excluding hydrogens is 416 g/mol. The Balaban J connectivity index is 1.31. The zero-order valence-electron chi connectivity index (χ0n) is 17.9. The highest BCUT2D eigenvalue weighted by molar-refractivity contribution is 6.08. The highest BCUT2D eigenvalue weighted by Gasteiger charge is 2.44. The van der Waals surface area contributed by atoms with Crippen LogP contribution in [-0.2, 0) is 0 Å². The quantitative estimate of drug-likeness (QED) is 0.472. The highest BCUT2D eigenvalue weighted by atomic mass is 16.7. The van der Waals surface area contributed by atoms with E-state index in [-0.39, 0.29) is 5.91 Å². The summed E-state index contributed by atoms with van der Waals surface area (Å²) in [6.07, 6.45) is 9.11. The summed E-state index contributed by atoms with van der Waals surface area (Å²) in [5, 5.41) is 7.68. The number of carbonyl (C=O) groups excluding carboxylic acids is 1. The van der Waals surface area contributed by atoms with Gasteiger partial charge >= 0.3 is 0 Å². The monoisotopic (exact) mass is 438 g/mol. The summed E-state index contributed by atoms with van der Waals surface area (Å²) >= 11 is 0. The molecule has 1 amide bonds. The van der Waals surface area contributed by atoms with Gasteiger partial charge < -0.3 is 14.8 Å². The van der Waals surface area contributed by atoms with E-state index in [2.05, 4.69) is 10.3 Å². The third kappa shape index (κ3) is 3.61. The Morgan fingerprint density at radius 3 is 2.58 bits per heavy atom. The van der Waals surface area contributed by atoms with Gasteiger partial charge in [-0.2, -0.15) is 5.10 Å². The molecule has 6 rings (SSSR count). The SMILES string of the molecule is O=C(Nc1ccc2c(c1)OC1(CCCC1)O2)c1cn(-c2ccccc2)nc1-c1cccnc1. The van der Waals surface area contributed by atoms with Gasteiger partial charge in [0, 0.05) is 48.7 Å². The van der Waals surface area contributed by atoms with E-state index < -0.39 is 5.79 Å². The number of anilines is 1. The molecule has 3 heterocycles. The number of aromatic nitrogens is 3. The van der Waals surface area contributed by atoms with Crippen LogP contribution in [0.1, 0.15) is 36.0 Å². The van der Waals surface area contributed by atoms with Crippen LogP contribution in [0, 0.1) is 0 Å². The first kappa shape index (κ1) is 19.5. The standard InChI is InChI=1S/C26H22N4O3/c31-25(28-19-10-11-22-23(15-19)33-26(32-22)12-4-5-13-26)21-17-30(20-8-2-1-3-9-20)29-24(21)18-7-6-14-27-16-18/h1-3,6-11,14-17H,4-5,12-13H2,(H,28,31). The maximum absolute atomic E-state index is 13.3. The first-order valence-corrected chi connectivity index (χ1v) is 11.1. The lowest BCUT2D eigenvalue weighted by atomic mass is 10.1. The molecular formula is C26H22N4O3. The van der Waals surface area contributed by atoms with Crippen molar-refractivity contribution in [2.45, 2.75) is 31.5 Å². The summed E-state index contributed by atoms with van der Waals surface area (Å²) in [5.41, 5.74) is 3.30. The average Bonchev–Trinajstić information content (AvgIpc) is 3.58. The second-order valence-corrected chi connectivity index (χ2v) is 8.35. The molecule has 1 aliphatic heterocycles. The van der Waals surface area contributed by atoms with E-state index in [9.17, 15) is 4.79 Å². The number of hydrogen-bond donors (Lipinski definition) is 1. The van der Waals surface area contributed by atoms with Crippen molar-refractivity contribution in [1.82, 2.24) is 14.8 Å². The van der Waals surface area contributed by atoms with Crippen LogP contribution in [0.4, 0.5) is 5.69 Å². The molecule has 2 aliphatic rings. The molecule has 7 heteroatoms. The minimum Gasteiger partial charge on any atom is -0.448 e. The Kier molecular flexibility index (Phi) is 4.61. The predicted molar refractivity (Wildman–Crippen MR) is 124 cm³/mol. The van der Waals surface area contributed by atoms with E-state index in [1.54, 1.807) is 23.3 Å². The van der Waals surface area contributed by atoms with Gasteiger partial charge in [-0.15, -0.1) is 0 Å². The normalized spacial score (nSPS) is 15.6. The lowest BCUT2D eigenvalue weighted by Gasteiger charge is -2.21. The summed E-state index contributed by atoms with van der Waals surface area (Å²) in [4.78, 5) is 17.5. The van der Waals surface area contributed by atoms with Gasteiger partial charge in [0.1, 0.15) is 5.69 Å². The van der Waals surface area contributed by atoms with Gasteiger partial charge in [-0.25, -0.2) is 4.68 Å². The molecule has 0 unspecified atom stereocenters. The van der Waals surface area contributed by atoms with E-state index >= 15 is 0 Å². The van der Waals surface area contributed by atoms with Crippen LogP contribution >= 0.6 is 0 Å². The van der Waals surface area contributed by atoms with Crippen LogP contribution in [0.25, 0.3) is 16.9 Å². The fraction of sp³-hybridized carbons (Fsp3) is 0.192. The van der Waals surface area contributed by atoms with Crippen molar-refractivity contribution in [2.24, 2.45) is 0 Å². The molecule has 7 nitrogen and oxygen atoms in total. The van der Waals surface area contributed by atoms with Crippen molar-refractivity contribution < 1.29 is 14.3 Å². The molecule has 33 heavy (non-hydrogen) atoms. The number of amides is 1. The molecule has 2 aromatic carbocycles. The fourth-order valence-corrected chi connectivity index (χ4v) is 4.46. The second-order valence-electron chi connectivity index (χ2n) is 8.35. The number of pyridine rings is 1. The van der Waals surface area contributed by atoms with Crippen molar-refractivity contribution >= 4 is 11.6 Å². The summed E-state index contributed by atoms with van der Waals surface area (Å²) in [7, 11) is 0. The maximum Gasteiger partial charge on any atom is 0.259 e. The lowest BCUT2D eigenvalue weighted by molar-refractivity contribution is -0.0716. The smallest absolute Gasteiger partial charge is 0.259 e. The number of benzene rings is 2. The molecule has 164 valence electrons. The number of ether oxygens (including phenoxy) is 2. The summed E-state index contributed by atoms with van der Waals surface area (Å²) < 4.78 is 13.9. The van der Waals surface area contributed by atoms with E-state index in [4.69, 9.17) is 14.6 Å². The number of nitrogens with one attached hydrogen (secondary N) is 1. The Morgan fingerprint density at radius 2 is 1.79 bits per heavy atom. The summed E-state index contributed by atoms with van der Waals surface area (Å²) in [6, 6.07) is 18.9. The molecule has 4 aromatic rings. The van der Waals surface area contributed by atoms with E-state index in [1.807, 2.05) is 60.7 Å². The molecule has 0 atom stereocenters. The third-order valence-corrected chi connectivity index (χ3v) is 6.07. The number of carbonyl (C=O) groups is 1. The number of rotatable bonds is 4. The topological polar surface area (TPSA) is 78.3 Å². The van der Waals surface area contributed by atoms with Crippen LogP contribution in [0.2, 0.25) is 0 Å². The molecule has 1 spiro atoms. The largest absolute Gasteiger partial charge is 0.448 e. The highest BCUT2D eigenvalue weighted by Crippen LogP contribution is 2.47. The third-order valence-electron chi connectivity index (χ3n) is 6.07. The van der Waals surface area contributed by atoms with Crippen LogP contribution in [0.15, 0.2) is 79.3 Å². The Morgan fingerprint density at radius 1 is 0.970 bits per heavy atom. The minimum absolute atomic E-state index is 0.259. The van der Waals surface area contributed by atoms with Crippen LogP contribution in [-0.4, -0.2) is 26.5 Å². The van der Waals surface area contributed by atoms with E-state index in [1.165, 1.54) is 0 Å². The molecule has 0 radical (unpaired) electrons. The van der Waals surface area contributed by atoms with Crippen molar-refractivity contribution in [3.63, 3.8) is 0 Å². The fourth-order valence-electron chi connectivity index (χ4n) is 4.46. The molecule has 1 aliphatic carbocycles. The average molecular weight is 438 g/mol. The van der Waals surface area contributed by atoms with E-state index in [0.29, 0.717) is 22.7 Å². The second kappa shape index (κ2) is 7.78. The first-order chi connectivity index (χ1) is 16.2. The van der Waals surface area contributed by atoms with Crippen molar-refractivity contribution in [1.29, 1.82) is 0 Å². The molecule has 0 bridgehead atoms. The summed E-state index contributed by atoms with van der Waals surface area (Å²) in [5.74, 6) is 0.602. The number of nitrogens with zero attached hydrogens (tertiary/aromatic N) is 3. The molecule has 1 fully saturated rings. The number of fused-ring (bicyclic) bond motifs is 1. The Hall–Kier alpha value is -4.13. The first-order valence-electron chi connectivity index (χ1n) is 11.1. The van der Waals surface area contributed by atoms with Gasteiger partial charge in [0.15, 0.2) is 11.5 Å². The van der Waals surface area contributed by atoms with Gasteiger partial charge in [-0.1, -0.05) is 18.2 Å². The van der Waals surface area contributed by atoms with Crippen molar-refractivity contribution in [2.75, 3.05) is 5.32 Å². The van der Waals surface area contributed by atoms with Crippen LogP contribution in [0.3, 0.4) is 0 Å². The van der Waals surface area contributed by atoms with Gasteiger partial charge in [-0.05, 0) is 49.2 Å². The summed E-state index contributed by atoms with van der Waals surface area (Å²) in [6.45, 7) is 0. The number of para-hydroxylation sites is 1. The molecule has 2 aromatic heterocycles. The van der Waals surface area contributed by atoms with Crippen LogP contribution in [0.5, 0.6) is 11.5 Å². The van der Waals surface area contributed by atoms with Gasteiger partial charge in [0.2, 0.25) is 0 Å². The lowest BCUT2D eigenvalue weighted by Crippen LogP contribution is -2.34. The zero-order chi connectivity index (χ0) is 22.3. The van der Waals surface area contributed by atoms with Crippen molar-refractivity contribution in [3.05, 3.63) is 84.8 Å². The van der Waals surface area contributed by atoms with Gasteiger partial charge in [0.25, 0.3) is 11.7 Å². The van der Waals surface area contributed by atoms with Crippen molar-refractivity contribution in [3.8, 4) is 28.4 Å². The van der Waals surface area contributed by atoms with Gasteiger partial charge in [-0.3, -0.25) is 9.78 Å².